The fraction of sp³-hybridized carbons (Fsp3) is 0.765. The molecule has 2 heteroatoms. The predicted molar refractivity (Wildman–Crippen MR) is 79.9 cm³/mol. The normalized spacial score (nSPS) is 34.9. The maximum atomic E-state index is 13.7. The van der Waals surface area contributed by atoms with Crippen molar-refractivity contribution >= 4 is 0 Å². The number of halogens is 1. The topological polar surface area (TPSA) is 3.24 Å². The van der Waals surface area contributed by atoms with E-state index in [1.54, 1.807) is 6.08 Å². The Balaban J connectivity index is 1.68. The van der Waals surface area contributed by atoms with Crippen molar-refractivity contribution in [2.45, 2.75) is 45.2 Å². The Morgan fingerprint density at radius 2 is 2.00 bits per heavy atom. The van der Waals surface area contributed by atoms with Crippen LogP contribution in [0.5, 0.6) is 0 Å². The highest BCUT2D eigenvalue weighted by atomic mass is 19.1. The van der Waals surface area contributed by atoms with Crippen LogP contribution in [0.25, 0.3) is 0 Å². The molecule has 0 aromatic carbocycles. The molecule has 108 valence electrons. The van der Waals surface area contributed by atoms with E-state index >= 15 is 0 Å². The molecule has 2 aliphatic rings. The zero-order valence-corrected chi connectivity index (χ0v) is 12.4. The summed E-state index contributed by atoms with van der Waals surface area (Å²) in [6.45, 7) is 4.28. The molecular formula is C17H28FN. The number of hydrogen-bond acceptors (Lipinski definition) is 1. The molecular weight excluding hydrogens is 237 g/mol. The van der Waals surface area contributed by atoms with Gasteiger partial charge in [-0.2, -0.15) is 0 Å². The number of nitrogens with zero attached hydrogens (tertiary/aromatic N) is 1. The predicted octanol–water partition coefficient (Wildman–Crippen LogP) is 4.21. The molecule has 0 aromatic rings. The molecule has 1 nitrogen and oxygen atoms in total. The van der Waals surface area contributed by atoms with Crippen LogP contribution >= 0.6 is 0 Å². The maximum absolute atomic E-state index is 13.7. The van der Waals surface area contributed by atoms with Crippen molar-refractivity contribution in [3.63, 3.8) is 0 Å². The Labute approximate surface area is 117 Å². The number of alkyl halides is 1. The van der Waals surface area contributed by atoms with Gasteiger partial charge < -0.3 is 4.90 Å². The summed E-state index contributed by atoms with van der Waals surface area (Å²) in [6.07, 6.45) is 13.7. The van der Waals surface area contributed by atoms with E-state index in [0.29, 0.717) is 0 Å². The van der Waals surface area contributed by atoms with E-state index in [2.05, 4.69) is 31.0 Å². The molecule has 0 aromatic heterocycles. The van der Waals surface area contributed by atoms with E-state index in [4.69, 9.17) is 0 Å². The quantitative estimate of drug-likeness (QED) is 0.673. The second-order valence-corrected chi connectivity index (χ2v) is 6.46. The van der Waals surface area contributed by atoms with E-state index < -0.39 is 6.17 Å². The Bertz CT molecular complexity index is 323. The Kier molecular flexibility index (Phi) is 5.62. The molecule has 4 atom stereocenters. The van der Waals surface area contributed by atoms with Crippen molar-refractivity contribution in [1.82, 2.24) is 4.90 Å². The van der Waals surface area contributed by atoms with Gasteiger partial charge in [0.2, 0.25) is 0 Å². The van der Waals surface area contributed by atoms with Gasteiger partial charge in [-0.3, -0.25) is 0 Å². The van der Waals surface area contributed by atoms with Crippen LogP contribution in [0.2, 0.25) is 0 Å². The molecule has 2 aliphatic carbocycles. The molecule has 0 amide bonds. The highest BCUT2D eigenvalue weighted by molar-refractivity contribution is 4.99. The van der Waals surface area contributed by atoms with Crippen LogP contribution in [0.15, 0.2) is 24.3 Å². The van der Waals surface area contributed by atoms with E-state index in [9.17, 15) is 4.39 Å². The lowest BCUT2D eigenvalue weighted by atomic mass is 9.87. The molecule has 0 heterocycles. The van der Waals surface area contributed by atoms with Gasteiger partial charge in [0.15, 0.2) is 0 Å². The third kappa shape index (κ3) is 4.76. The molecule has 0 spiro atoms. The van der Waals surface area contributed by atoms with Gasteiger partial charge in [-0.1, -0.05) is 31.2 Å². The minimum absolute atomic E-state index is 0.205. The van der Waals surface area contributed by atoms with Crippen LogP contribution in [0.3, 0.4) is 0 Å². The van der Waals surface area contributed by atoms with E-state index in [1.807, 2.05) is 6.08 Å². The van der Waals surface area contributed by atoms with Gasteiger partial charge >= 0.3 is 0 Å². The smallest absolute Gasteiger partial charge is 0.122 e. The van der Waals surface area contributed by atoms with Crippen LogP contribution in [-0.2, 0) is 0 Å². The SMILES string of the molecule is C[C@@H]1C=CC(CCN(C)C[C@H]2CCC=CC2F)CC1. The van der Waals surface area contributed by atoms with Crippen molar-refractivity contribution in [2.75, 3.05) is 20.1 Å². The number of allylic oxidation sites excluding steroid dienone is 4. The molecule has 0 fully saturated rings. The summed E-state index contributed by atoms with van der Waals surface area (Å²) in [6, 6.07) is 0. The highest BCUT2D eigenvalue weighted by Gasteiger charge is 2.22. The second kappa shape index (κ2) is 7.23. The molecule has 0 saturated heterocycles. The first-order valence-corrected chi connectivity index (χ1v) is 7.82. The summed E-state index contributed by atoms with van der Waals surface area (Å²) >= 11 is 0. The van der Waals surface area contributed by atoms with Gasteiger partial charge in [0, 0.05) is 12.5 Å². The van der Waals surface area contributed by atoms with Gasteiger partial charge in [-0.15, -0.1) is 0 Å². The van der Waals surface area contributed by atoms with Gasteiger partial charge in [0.25, 0.3) is 0 Å². The lowest BCUT2D eigenvalue weighted by molar-refractivity contribution is 0.182. The lowest BCUT2D eigenvalue weighted by Crippen LogP contribution is -2.32. The summed E-state index contributed by atoms with van der Waals surface area (Å²) < 4.78 is 13.7. The molecule has 0 N–H and O–H groups in total. The monoisotopic (exact) mass is 265 g/mol. The fourth-order valence-corrected chi connectivity index (χ4v) is 3.18. The standard InChI is InChI=1S/C17H28FN/c1-14-7-9-15(10-8-14)11-12-19(2)13-16-5-3-4-6-17(16)18/h4,6-7,9,14-17H,3,5,8,10-13H2,1-2H3/t14-,15?,16-,17?/m1/s1. The van der Waals surface area contributed by atoms with Crippen molar-refractivity contribution in [2.24, 2.45) is 17.8 Å². The van der Waals surface area contributed by atoms with E-state index in [-0.39, 0.29) is 5.92 Å². The third-order valence-corrected chi connectivity index (χ3v) is 4.61. The minimum Gasteiger partial charge on any atom is -0.306 e. The van der Waals surface area contributed by atoms with Gasteiger partial charge in [0.05, 0.1) is 0 Å². The van der Waals surface area contributed by atoms with Crippen molar-refractivity contribution in [3.05, 3.63) is 24.3 Å². The zero-order chi connectivity index (χ0) is 13.7. The third-order valence-electron chi connectivity index (χ3n) is 4.61. The van der Waals surface area contributed by atoms with Crippen LogP contribution in [-0.4, -0.2) is 31.2 Å². The first-order valence-electron chi connectivity index (χ1n) is 7.82. The van der Waals surface area contributed by atoms with Crippen LogP contribution in [0.4, 0.5) is 4.39 Å². The summed E-state index contributed by atoms with van der Waals surface area (Å²) in [4.78, 5) is 2.32. The maximum Gasteiger partial charge on any atom is 0.122 e. The molecule has 0 bridgehead atoms. The summed E-state index contributed by atoms with van der Waals surface area (Å²) in [5.41, 5.74) is 0. The first kappa shape index (κ1) is 14.8. The van der Waals surface area contributed by atoms with Crippen LogP contribution in [0, 0.1) is 17.8 Å². The van der Waals surface area contributed by atoms with Crippen LogP contribution < -0.4 is 0 Å². The van der Waals surface area contributed by atoms with Gasteiger partial charge in [-0.25, -0.2) is 4.39 Å². The van der Waals surface area contributed by atoms with Gasteiger partial charge in [-0.05, 0) is 57.5 Å². The largest absolute Gasteiger partial charge is 0.306 e. The average molecular weight is 265 g/mol. The van der Waals surface area contributed by atoms with Crippen LogP contribution in [0.1, 0.15) is 39.0 Å². The van der Waals surface area contributed by atoms with Crippen molar-refractivity contribution in [1.29, 1.82) is 0 Å². The Hall–Kier alpha value is -0.630. The van der Waals surface area contributed by atoms with Gasteiger partial charge in [0.1, 0.15) is 6.17 Å². The number of hydrogen-bond donors (Lipinski definition) is 0. The molecule has 2 rings (SSSR count). The summed E-state index contributed by atoms with van der Waals surface area (Å²) in [7, 11) is 2.14. The molecule has 0 aliphatic heterocycles. The average Bonchev–Trinajstić information content (AvgIpc) is 2.41. The molecule has 0 radical (unpaired) electrons. The molecule has 2 unspecified atom stereocenters. The Morgan fingerprint density at radius 1 is 1.16 bits per heavy atom. The van der Waals surface area contributed by atoms with E-state index in [0.717, 1.165) is 37.8 Å². The highest BCUT2D eigenvalue weighted by Crippen LogP contribution is 2.25. The summed E-state index contributed by atoms with van der Waals surface area (Å²) in [5, 5.41) is 0. The second-order valence-electron chi connectivity index (χ2n) is 6.46. The molecule has 19 heavy (non-hydrogen) atoms. The molecule has 0 saturated carbocycles. The lowest BCUT2D eigenvalue weighted by Gasteiger charge is -2.28. The van der Waals surface area contributed by atoms with Crippen molar-refractivity contribution < 1.29 is 4.39 Å². The van der Waals surface area contributed by atoms with E-state index in [1.165, 1.54) is 19.3 Å². The van der Waals surface area contributed by atoms with Crippen molar-refractivity contribution in [3.8, 4) is 0 Å². The summed E-state index contributed by atoms with van der Waals surface area (Å²) in [5.74, 6) is 1.71. The Morgan fingerprint density at radius 3 is 2.68 bits per heavy atom. The zero-order valence-electron chi connectivity index (χ0n) is 12.4. The first-order chi connectivity index (χ1) is 9.15. The fourth-order valence-electron chi connectivity index (χ4n) is 3.18. The number of rotatable bonds is 5. The minimum atomic E-state index is -0.730.